The number of rotatable bonds is 0. The van der Waals surface area contributed by atoms with Gasteiger partial charge in [-0.3, -0.25) is 0 Å². The molecular weight excluding hydrogens is 342 g/mol. The summed E-state index contributed by atoms with van der Waals surface area (Å²) in [6.07, 6.45) is 14.7. The van der Waals surface area contributed by atoms with Crippen LogP contribution in [0.3, 0.4) is 0 Å². The van der Waals surface area contributed by atoms with Crippen molar-refractivity contribution in [3.05, 3.63) is 42.0 Å². The van der Waals surface area contributed by atoms with Gasteiger partial charge >= 0.3 is 110 Å². The van der Waals surface area contributed by atoms with Crippen LogP contribution in [0.4, 0.5) is 0 Å². The summed E-state index contributed by atoms with van der Waals surface area (Å²) in [5.74, 6) is 0. The fourth-order valence-corrected chi connectivity index (χ4v) is 6.58. The van der Waals surface area contributed by atoms with Crippen LogP contribution in [0.25, 0.3) is 0 Å². The number of hydrogen-bond donors (Lipinski definition) is 0. The van der Waals surface area contributed by atoms with Gasteiger partial charge in [-0.05, 0) is 0 Å². The molecule has 2 aliphatic carbocycles. The van der Waals surface area contributed by atoms with E-state index < -0.39 is 23.2 Å². The number of halogens is 2. The van der Waals surface area contributed by atoms with Gasteiger partial charge in [0.2, 0.25) is 0 Å². The smallest absolute Gasteiger partial charge is 1.00 e. The fourth-order valence-electron chi connectivity index (χ4n) is 2.97. The van der Waals surface area contributed by atoms with E-state index in [9.17, 15) is 0 Å². The van der Waals surface area contributed by atoms with Gasteiger partial charge in [0.25, 0.3) is 0 Å². The first-order valence-corrected chi connectivity index (χ1v) is 8.64. The van der Waals surface area contributed by atoms with Gasteiger partial charge in [0.1, 0.15) is 0 Å². The van der Waals surface area contributed by atoms with E-state index in [0.29, 0.717) is 5.41 Å². The molecule has 0 atom stereocenters. The van der Waals surface area contributed by atoms with E-state index in [2.05, 4.69) is 38.2 Å². The van der Waals surface area contributed by atoms with Gasteiger partial charge < -0.3 is 24.8 Å². The molecule has 1 heterocycles. The first-order chi connectivity index (χ1) is 7.64. The third kappa shape index (κ3) is 3.30. The quantitative estimate of drug-likeness (QED) is 0.485. The Balaban J connectivity index is 0.000000810. The number of allylic oxidation sites excluding steroid dienone is 8. The Bertz CT molecular complexity index is 413. The van der Waals surface area contributed by atoms with E-state index in [1.54, 1.807) is 11.1 Å². The molecule has 0 aromatic heterocycles. The second kappa shape index (κ2) is 6.25. The average Bonchev–Trinajstić information content (AvgIpc) is 2.76. The summed E-state index contributed by atoms with van der Waals surface area (Å²) in [6, 6.07) is 0. The normalized spacial score (nSPS) is 23.0. The molecule has 0 N–H and O–H groups in total. The van der Waals surface area contributed by atoms with E-state index in [0.717, 1.165) is 0 Å². The summed E-state index contributed by atoms with van der Waals surface area (Å²) in [7, 11) is 0. The molecule has 0 spiro atoms. The van der Waals surface area contributed by atoms with Crippen molar-refractivity contribution in [1.29, 1.82) is 0 Å². The van der Waals surface area contributed by atoms with Crippen molar-refractivity contribution in [1.82, 2.24) is 0 Å². The Labute approximate surface area is 134 Å². The zero-order valence-electron chi connectivity index (χ0n) is 10.9. The van der Waals surface area contributed by atoms with Crippen LogP contribution < -0.4 is 24.8 Å². The molecule has 0 aromatic rings. The minimum absolute atomic E-state index is 0. The second-order valence-corrected chi connectivity index (χ2v) is 9.44. The van der Waals surface area contributed by atoms with Crippen molar-refractivity contribution in [2.75, 3.05) is 0 Å². The monoisotopic (exact) mass is 358 g/mol. The Morgan fingerprint density at radius 3 is 1.78 bits per heavy atom. The van der Waals surface area contributed by atoms with E-state index in [1.807, 2.05) is 6.56 Å². The topological polar surface area (TPSA) is 0 Å². The molecule has 0 aromatic carbocycles. The summed E-state index contributed by atoms with van der Waals surface area (Å²) < 4.78 is 3.71. The molecule has 0 nitrogen and oxygen atoms in total. The Morgan fingerprint density at radius 2 is 1.33 bits per heavy atom. The van der Waals surface area contributed by atoms with Crippen molar-refractivity contribution >= 4 is 0 Å². The zero-order chi connectivity index (χ0) is 11.2. The minimum atomic E-state index is -0.405. The Hall–Kier alpha value is 0.423. The zero-order valence-corrected chi connectivity index (χ0v) is 14.9. The fraction of sp³-hybridized carbons (Fsp3) is 0.467. The summed E-state index contributed by atoms with van der Waals surface area (Å²) in [5, 5.41) is 0. The molecule has 0 saturated heterocycles. The maximum Gasteiger partial charge on any atom is -1.00 e. The van der Waals surface area contributed by atoms with Gasteiger partial charge in [-0.15, -0.1) is 0 Å². The van der Waals surface area contributed by atoms with Crippen molar-refractivity contribution in [3.8, 4) is 0 Å². The predicted molar refractivity (Wildman–Crippen MR) is 64.6 cm³/mol. The van der Waals surface area contributed by atoms with Crippen LogP contribution in [0, 0.1) is 5.41 Å². The minimum Gasteiger partial charge on any atom is -1.00 e. The van der Waals surface area contributed by atoms with E-state index in [-0.39, 0.29) is 24.8 Å². The predicted octanol–water partition coefficient (Wildman–Crippen LogP) is -1.68. The summed E-state index contributed by atoms with van der Waals surface area (Å²) in [4.78, 5) is 0. The molecule has 0 amide bonds. The van der Waals surface area contributed by atoms with Crippen LogP contribution in [0.15, 0.2) is 42.0 Å². The van der Waals surface area contributed by atoms with Gasteiger partial charge in [-0.25, -0.2) is 0 Å². The molecular formula is C15H18Cl2Zr. The Morgan fingerprint density at radius 1 is 0.889 bits per heavy atom. The first kappa shape index (κ1) is 16.5. The standard InChI is InChI=1S/C15H18.2ClH.Zr/c1-15(2,11-13-7-3-4-8-13)12-14-9-5-6-10-14;;;/h3,5,7,9H,4,6,11-12H2,1-2H3;2*1H;/q;;;+2/p-2. The van der Waals surface area contributed by atoms with E-state index in [4.69, 9.17) is 0 Å². The number of hydrogen-bond acceptors (Lipinski definition) is 0. The molecule has 0 radical (unpaired) electrons. The molecule has 3 rings (SSSR count). The maximum atomic E-state index is 2.43. The second-order valence-electron chi connectivity index (χ2n) is 5.86. The van der Waals surface area contributed by atoms with Crippen molar-refractivity contribution < 1.29 is 48.0 Å². The molecule has 3 heteroatoms. The largest absolute Gasteiger partial charge is 1.00 e. The molecule has 3 aliphatic rings. The van der Waals surface area contributed by atoms with Gasteiger partial charge in [-0.1, -0.05) is 0 Å². The van der Waals surface area contributed by atoms with Gasteiger partial charge in [0.15, 0.2) is 0 Å². The average molecular weight is 360 g/mol. The molecule has 18 heavy (non-hydrogen) atoms. The third-order valence-electron chi connectivity index (χ3n) is 3.70. The SMILES string of the molecule is CC1(C)CC2=[C](CC=C2)[Zr+2][C]2=C(C=CC2)C1.[Cl-].[Cl-]. The molecule has 1 aliphatic heterocycles. The van der Waals surface area contributed by atoms with Crippen molar-refractivity contribution in [2.45, 2.75) is 39.5 Å². The maximum absolute atomic E-state index is 2.43. The van der Waals surface area contributed by atoms with E-state index in [1.165, 1.54) is 25.7 Å². The van der Waals surface area contributed by atoms with Crippen LogP contribution >= 0.6 is 0 Å². The molecule has 0 fully saturated rings. The van der Waals surface area contributed by atoms with Crippen LogP contribution in [-0.4, -0.2) is 0 Å². The Kier molecular flexibility index (Phi) is 5.72. The first-order valence-electron chi connectivity index (χ1n) is 6.18. The summed E-state index contributed by atoms with van der Waals surface area (Å²) in [5.41, 5.74) is 3.86. The van der Waals surface area contributed by atoms with Crippen molar-refractivity contribution in [2.24, 2.45) is 5.41 Å². The molecule has 0 saturated carbocycles. The van der Waals surface area contributed by atoms with Crippen LogP contribution in [0.1, 0.15) is 39.5 Å². The van der Waals surface area contributed by atoms with Gasteiger partial charge in [-0.2, -0.15) is 0 Å². The van der Waals surface area contributed by atoms with Crippen LogP contribution in [0.5, 0.6) is 0 Å². The molecule has 96 valence electrons. The molecule has 0 bridgehead atoms. The van der Waals surface area contributed by atoms with Crippen molar-refractivity contribution in [3.63, 3.8) is 0 Å². The summed E-state index contributed by atoms with van der Waals surface area (Å²) >= 11 is -0.405. The summed E-state index contributed by atoms with van der Waals surface area (Å²) in [6.45, 7) is 4.86. The van der Waals surface area contributed by atoms with Gasteiger partial charge in [0, 0.05) is 0 Å². The van der Waals surface area contributed by atoms with Crippen LogP contribution in [0.2, 0.25) is 0 Å². The molecule has 0 unspecified atom stereocenters. The van der Waals surface area contributed by atoms with Gasteiger partial charge in [0.05, 0.1) is 0 Å². The third-order valence-corrected chi connectivity index (χ3v) is 7.76. The van der Waals surface area contributed by atoms with E-state index >= 15 is 0 Å². The van der Waals surface area contributed by atoms with Crippen LogP contribution in [-0.2, 0) is 23.2 Å².